The molecule has 0 atom stereocenters. The van der Waals surface area contributed by atoms with Crippen molar-refractivity contribution in [2.45, 2.75) is 13.1 Å². The molecule has 0 fully saturated rings. The predicted octanol–water partition coefficient (Wildman–Crippen LogP) is 3.94. The van der Waals surface area contributed by atoms with Crippen LogP contribution in [0, 0.1) is 0 Å². The first-order valence-corrected chi connectivity index (χ1v) is 5.44. The van der Waals surface area contributed by atoms with Crippen LogP contribution in [0.15, 0.2) is 24.3 Å². The van der Waals surface area contributed by atoms with Crippen LogP contribution in [0.1, 0.15) is 18.1 Å². The molecular weight excluding hydrogens is 269 g/mol. The maximum absolute atomic E-state index is 12.5. The van der Waals surface area contributed by atoms with Crippen molar-refractivity contribution in [2.24, 2.45) is 0 Å². The van der Waals surface area contributed by atoms with Crippen molar-refractivity contribution in [1.82, 2.24) is 0 Å². The molecule has 0 saturated heterocycles. The van der Waals surface area contributed by atoms with Crippen LogP contribution in [-0.2, 0) is 15.7 Å². The van der Waals surface area contributed by atoms with E-state index < -0.39 is 17.7 Å². The van der Waals surface area contributed by atoms with E-state index in [-0.39, 0.29) is 17.2 Å². The summed E-state index contributed by atoms with van der Waals surface area (Å²) in [6.45, 7) is 1.84. The Kier molecular flexibility index (Phi) is 4.78. The third-order valence-electron chi connectivity index (χ3n) is 1.99. The van der Waals surface area contributed by atoms with Gasteiger partial charge < -0.3 is 4.74 Å². The molecule has 18 heavy (non-hydrogen) atoms. The highest BCUT2D eigenvalue weighted by atomic mass is 35.5. The quantitative estimate of drug-likeness (QED) is 0.618. The Morgan fingerprint density at radius 1 is 1.44 bits per heavy atom. The molecule has 1 aromatic carbocycles. The smallest absolute Gasteiger partial charge is 0.417 e. The molecule has 0 aromatic heterocycles. The van der Waals surface area contributed by atoms with E-state index in [0.29, 0.717) is 0 Å². The van der Waals surface area contributed by atoms with E-state index in [1.54, 1.807) is 6.92 Å². The zero-order chi connectivity index (χ0) is 13.8. The highest BCUT2D eigenvalue weighted by molar-refractivity contribution is 6.31. The van der Waals surface area contributed by atoms with Crippen molar-refractivity contribution in [2.75, 3.05) is 6.61 Å². The molecule has 0 amide bonds. The molecule has 0 radical (unpaired) electrons. The second-order valence-electron chi connectivity index (χ2n) is 3.32. The minimum Gasteiger partial charge on any atom is -0.463 e. The number of esters is 1. The summed E-state index contributed by atoms with van der Waals surface area (Å²) in [5.41, 5.74) is -0.713. The van der Waals surface area contributed by atoms with Gasteiger partial charge in [0, 0.05) is 6.08 Å². The lowest BCUT2D eigenvalue weighted by atomic mass is 10.1. The Morgan fingerprint density at radius 2 is 2.11 bits per heavy atom. The summed E-state index contributed by atoms with van der Waals surface area (Å²) >= 11 is 5.46. The van der Waals surface area contributed by atoms with Gasteiger partial charge in [0.25, 0.3) is 0 Å². The van der Waals surface area contributed by atoms with Crippen molar-refractivity contribution in [3.05, 3.63) is 40.4 Å². The van der Waals surface area contributed by atoms with E-state index in [4.69, 9.17) is 11.6 Å². The molecule has 0 aliphatic rings. The first kappa shape index (κ1) is 14.6. The van der Waals surface area contributed by atoms with Crippen LogP contribution < -0.4 is 0 Å². The Balaban J connectivity index is 2.96. The van der Waals surface area contributed by atoms with Gasteiger partial charge in [0.05, 0.1) is 17.2 Å². The van der Waals surface area contributed by atoms with Gasteiger partial charge in [-0.05, 0) is 30.7 Å². The summed E-state index contributed by atoms with van der Waals surface area (Å²) in [5, 5.41) is -0.379. The number of carbonyl (C=O) groups is 1. The first-order valence-electron chi connectivity index (χ1n) is 5.06. The van der Waals surface area contributed by atoms with E-state index in [0.717, 1.165) is 18.2 Å². The van der Waals surface area contributed by atoms with Crippen LogP contribution in [0.25, 0.3) is 6.08 Å². The lowest BCUT2D eigenvalue weighted by Crippen LogP contribution is -2.06. The lowest BCUT2D eigenvalue weighted by Gasteiger charge is -2.09. The van der Waals surface area contributed by atoms with Gasteiger partial charge in [-0.1, -0.05) is 17.7 Å². The van der Waals surface area contributed by atoms with Crippen LogP contribution in [0.5, 0.6) is 0 Å². The molecule has 6 heteroatoms. The maximum atomic E-state index is 12.5. The van der Waals surface area contributed by atoms with Gasteiger partial charge in [-0.2, -0.15) is 13.2 Å². The number of benzene rings is 1. The predicted molar refractivity (Wildman–Crippen MR) is 62.1 cm³/mol. The summed E-state index contributed by atoms with van der Waals surface area (Å²) in [6, 6.07) is 3.39. The fourth-order valence-corrected chi connectivity index (χ4v) is 1.44. The number of hydrogen-bond donors (Lipinski definition) is 0. The van der Waals surface area contributed by atoms with Gasteiger partial charge in [0.2, 0.25) is 0 Å². The number of rotatable bonds is 3. The molecule has 0 saturated carbocycles. The normalized spacial score (nSPS) is 11.8. The zero-order valence-electron chi connectivity index (χ0n) is 9.42. The van der Waals surface area contributed by atoms with Gasteiger partial charge in [-0.15, -0.1) is 0 Å². The minimum atomic E-state index is -4.52. The second-order valence-corrected chi connectivity index (χ2v) is 3.73. The maximum Gasteiger partial charge on any atom is 0.417 e. The van der Waals surface area contributed by atoms with Gasteiger partial charge in [0.1, 0.15) is 0 Å². The molecule has 0 heterocycles. The van der Waals surface area contributed by atoms with Crippen molar-refractivity contribution in [1.29, 1.82) is 0 Å². The van der Waals surface area contributed by atoms with Gasteiger partial charge >= 0.3 is 12.1 Å². The molecular formula is C12H10ClF3O2. The molecule has 1 rings (SSSR count). The number of halogens is 4. The number of carbonyl (C=O) groups excluding carboxylic acids is 1. The Bertz CT molecular complexity index is 467. The molecule has 0 aliphatic carbocycles. The first-order chi connectivity index (χ1) is 8.34. The molecule has 98 valence electrons. The fourth-order valence-electron chi connectivity index (χ4n) is 1.22. The Morgan fingerprint density at radius 3 is 2.67 bits per heavy atom. The molecule has 2 nitrogen and oxygen atoms in total. The third-order valence-corrected chi connectivity index (χ3v) is 2.32. The molecule has 0 aliphatic heterocycles. The summed E-state index contributed by atoms with van der Waals surface area (Å²) in [4.78, 5) is 11.0. The molecule has 0 N–H and O–H groups in total. The molecule has 0 spiro atoms. The lowest BCUT2D eigenvalue weighted by molar-refractivity contribution is -0.138. The summed E-state index contributed by atoms with van der Waals surface area (Å²) in [5.74, 6) is -0.610. The van der Waals surface area contributed by atoms with Gasteiger partial charge in [-0.25, -0.2) is 4.79 Å². The third kappa shape index (κ3) is 4.07. The molecule has 1 aromatic rings. The Labute approximate surface area is 107 Å². The van der Waals surface area contributed by atoms with E-state index >= 15 is 0 Å². The molecule has 0 bridgehead atoms. The number of ether oxygens (including phenoxy) is 1. The van der Waals surface area contributed by atoms with Crippen molar-refractivity contribution in [3.8, 4) is 0 Å². The van der Waals surface area contributed by atoms with E-state index in [1.165, 1.54) is 12.1 Å². The highest BCUT2D eigenvalue weighted by Crippen LogP contribution is 2.35. The fraction of sp³-hybridized carbons (Fsp3) is 0.250. The highest BCUT2D eigenvalue weighted by Gasteiger charge is 2.33. The van der Waals surface area contributed by atoms with Crippen molar-refractivity contribution in [3.63, 3.8) is 0 Å². The van der Waals surface area contributed by atoms with Crippen LogP contribution >= 0.6 is 11.6 Å². The number of hydrogen-bond acceptors (Lipinski definition) is 2. The largest absolute Gasteiger partial charge is 0.463 e. The van der Waals surface area contributed by atoms with E-state index in [1.807, 2.05) is 0 Å². The van der Waals surface area contributed by atoms with Crippen LogP contribution in [0.3, 0.4) is 0 Å². The van der Waals surface area contributed by atoms with E-state index in [2.05, 4.69) is 4.74 Å². The second kappa shape index (κ2) is 5.91. The van der Waals surface area contributed by atoms with Gasteiger partial charge in [0.15, 0.2) is 0 Å². The minimum absolute atomic E-state index is 0.206. The molecule has 0 unspecified atom stereocenters. The standard InChI is InChI=1S/C12H10ClF3O2/c1-2-18-11(17)6-4-8-3-5-10(13)9(7-8)12(14,15)16/h3-7H,2H2,1H3. The van der Waals surface area contributed by atoms with Crippen LogP contribution in [0.4, 0.5) is 13.2 Å². The Hall–Kier alpha value is -1.49. The zero-order valence-corrected chi connectivity index (χ0v) is 10.2. The topological polar surface area (TPSA) is 26.3 Å². The summed E-state index contributed by atoms with van der Waals surface area (Å²) in [7, 11) is 0. The SMILES string of the molecule is CCOC(=O)C=Cc1ccc(Cl)c(C(F)(F)F)c1. The van der Waals surface area contributed by atoms with Crippen molar-refractivity contribution >= 4 is 23.6 Å². The average Bonchev–Trinajstić information content (AvgIpc) is 2.27. The summed E-state index contributed by atoms with van der Waals surface area (Å²) in [6.07, 6.45) is -2.22. The van der Waals surface area contributed by atoms with Crippen LogP contribution in [0.2, 0.25) is 5.02 Å². The monoisotopic (exact) mass is 278 g/mol. The number of alkyl halides is 3. The van der Waals surface area contributed by atoms with E-state index in [9.17, 15) is 18.0 Å². The van der Waals surface area contributed by atoms with Crippen LogP contribution in [-0.4, -0.2) is 12.6 Å². The van der Waals surface area contributed by atoms with Crippen molar-refractivity contribution < 1.29 is 22.7 Å². The average molecular weight is 279 g/mol. The summed E-state index contributed by atoms with van der Waals surface area (Å²) < 4.78 is 42.3. The van der Waals surface area contributed by atoms with Gasteiger partial charge in [-0.3, -0.25) is 0 Å².